The molecule has 6 heteroatoms. The van der Waals surface area contributed by atoms with Crippen LogP contribution in [-0.4, -0.2) is 10.5 Å². The number of carbonyl (C=O) groups is 1. The van der Waals surface area contributed by atoms with E-state index in [1.807, 2.05) is 6.07 Å². The van der Waals surface area contributed by atoms with Crippen LogP contribution >= 0.6 is 0 Å². The molecule has 0 unspecified atom stereocenters. The molecule has 1 heterocycles. The number of aromatic nitrogens is 1. The number of benzene rings is 2. The van der Waals surface area contributed by atoms with E-state index in [2.05, 4.69) is 5.32 Å². The maximum Gasteiger partial charge on any atom is 0.261 e. The first-order valence-electron chi connectivity index (χ1n) is 7.10. The van der Waals surface area contributed by atoms with Crippen LogP contribution in [0.1, 0.15) is 15.9 Å². The van der Waals surface area contributed by atoms with Crippen LogP contribution < -0.4 is 10.7 Å². The number of pyridine rings is 1. The second kappa shape index (κ2) is 5.97. The molecule has 3 aromatic rings. The molecule has 1 aromatic heterocycles. The van der Waals surface area contributed by atoms with E-state index in [1.54, 1.807) is 35.9 Å². The van der Waals surface area contributed by atoms with Crippen molar-refractivity contribution in [3.63, 3.8) is 0 Å². The van der Waals surface area contributed by atoms with E-state index in [9.17, 15) is 14.0 Å². The van der Waals surface area contributed by atoms with Gasteiger partial charge < -0.3 is 9.88 Å². The van der Waals surface area contributed by atoms with Crippen molar-refractivity contribution < 1.29 is 9.18 Å². The molecule has 0 bridgehead atoms. The fourth-order valence-electron chi connectivity index (χ4n) is 2.45. The molecular weight excluding hydrogens is 309 g/mol. The Morgan fingerprint density at radius 3 is 2.58 bits per heavy atom. The molecule has 2 aromatic carbocycles. The Labute approximate surface area is 136 Å². The summed E-state index contributed by atoms with van der Waals surface area (Å²) in [4.78, 5) is 24.9. The molecule has 0 aliphatic heterocycles. The molecule has 0 spiro atoms. The quantitative estimate of drug-likeness (QED) is 0.788. The van der Waals surface area contributed by atoms with Gasteiger partial charge in [0.1, 0.15) is 11.4 Å². The largest absolute Gasteiger partial charge is 0.350 e. The predicted octanol–water partition coefficient (Wildman–Crippen LogP) is 2.80. The van der Waals surface area contributed by atoms with E-state index in [-0.39, 0.29) is 10.9 Å². The standard InChI is InChI=1S/C18H12FN3O2/c1-22-10-15(17(23)14-8-12(19)4-7-16(14)22)18(24)21-13-5-2-11(9-20)3-6-13/h2-8,10H,1H3,(H,21,24). The topological polar surface area (TPSA) is 74.9 Å². The van der Waals surface area contributed by atoms with Crippen LogP contribution in [0, 0.1) is 17.1 Å². The van der Waals surface area contributed by atoms with Gasteiger partial charge in [-0.25, -0.2) is 4.39 Å². The predicted molar refractivity (Wildman–Crippen MR) is 88.3 cm³/mol. The number of aryl methyl sites for hydroxylation is 1. The number of anilines is 1. The third-order valence-electron chi connectivity index (χ3n) is 3.67. The number of nitrogens with one attached hydrogen (secondary N) is 1. The average molecular weight is 321 g/mol. The van der Waals surface area contributed by atoms with Crippen molar-refractivity contribution in [2.75, 3.05) is 5.32 Å². The lowest BCUT2D eigenvalue weighted by atomic mass is 10.1. The Morgan fingerprint density at radius 1 is 1.21 bits per heavy atom. The third kappa shape index (κ3) is 2.75. The third-order valence-corrected chi connectivity index (χ3v) is 3.67. The molecule has 0 aliphatic rings. The molecule has 5 nitrogen and oxygen atoms in total. The van der Waals surface area contributed by atoms with Gasteiger partial charge in [-0.15, -0.1) is 0 Å². The zero-order valence-electron chi connectivity index (χ0n) is 12.7. The summed E-state index contributed by atoms with van der Waals surface area (Å²) in [7, 11) is 1.68. The van der Waals surface area contributed by atoms with Crippen molar-refractivity contribution in [2.24, 2.45) is 7.05 Å². The van der Waals surface area contributed by atoms with E-state index in [0.717, 1.165) is 6.07 Å². The summed E-state index contributed by atoms with van der Waals surface area (Å²) < 4.78 is 15.0. The molecule has 0 saturated heterocycles. The van der Waals surface area contributed by atoms with Gasteiger partial charge in [-0.05, 0) is 42.5 Å². The summed E-state index contributed by atoms with van der Waals surface area (Å²) in [5.41, 5.74) is 0.843. The Bertz CT molecular complexity index is 1050. The summed E-state index contributed by atoms with van der Waals surface area (Å²) in [6.45, 7) is 0. The highest BCUT2D eigenvalue weighted by atomic mass is 19.1. The first kappa shape index (κ1) is 15.4. The number of amides is 1. The van der Waals surface area contributed by atoms with E-state index in [0.29, 0.717) is 16.8 Å². The summed E-state index contributed by atoms with van der Waals surface area (Å²) in [5, 5.41) is 11.5. The van der Waals surface area contributed by atoms with Crippen LogP contribution in [-0.2, 0) is 7.05 Å². The molecule has 118 valence electrons. The van der Waals surface area contributed by atoms with Gasteiger partial charge in [0.2, 0.25) is 5.43 Å². The molecule has 0 radical (unpaired) electrons. The lowest BCUT2D eigenvalue weighted by Gasteiger charge is -2.10. The van der Waals surface area contributed by atoms with Gasteiger partial charge in [-0.2, -0.15) is 5.26 Å². The first-order chi connectivity index (χ1) is 11.5. The van der Waals surface area contributed by atoms with E-state index in [4.69, 9.17) is 5.26 Å². The Hall–Kier alpha value is -3.46. The molecule has 0 atom stereocenters. The SMILES string of the molecule is Cn1cc(C(=O)Nc2ccc(C#N)cc2)c(=O)c2cc(F)ccc21. The second-order valence-electron chi connectivity index (χ2n) is 5.29. The summed E-state index contributed by atoms with van der Waals surface area (Å²) in [6.07, 6.45) is 1.42. The van der Waals surface area contributed by atoms with Crippen molar-refractivity contribution in [3.8, 4) is 6.07 Å². The zero-order chi connectivity index (χ0) is 17.3. The molecule has 24 heavy (non-hydrogen) atoms. The minimum Gasteiger partial charge on any atom is -0.350 e. The molecule has 3 rings (SSSR count). The highest BCUT2D eigenvalue weighted by Gasteiger charge is 2.15. The number of halogens is 1. The van der Waals surface area contributed by atoms with Crippen molar-refractivity contribution in [3.05, 3.63) is 75.8 Å². The van der Waals surface area contributed by atoms with Gasteiger partial charge >= 0.3 is 0 Å². The maximum absolute atomic E-state index is 13.4. The molecular formula is C18H12FN3O2. The first-order valence-corrected chi connectivity index (χ1v) is 7.10. The second-order valence-corrected chi connectivity index (χ2v) is 5.29. The van der Waals surface area contributed by atoms with Crippen LogP contribution in [0.5, 0.6) is 0 Å². The minimum absolute atomic E-state index is 0.0834. The number of carbonyl (C=O) groups excluding carboxylic acids is 1. The summed E-state index contributed by atoms with van der Waals surface area (Å²) >= 11 is 0. The number of nitriles is 1. The molecule has 1 amide bonds. The van der Waals surface area contributed by atoms with Crippen molar-refractivity contribution in [1.29, 1.82) is 5.26 Å². The van der Waals surface area contributed by atoms with E-state index >= 15 is 0 Å². The monoisotopic (exact) mass is 321 g/mol. The van der Waals surface area contributed by atoms with Gasteiger partial charge in [-0.3, -0.25) is 9.59 Å². The number of rotatable bonds is 2. The number of nitrogens with zero attached hydrogens (tertiary/aromatic N) is 2. The molecule has 0 aliphatic carbocycles. The Kier molecular flexibility index (Phi) is 3.84. The van der Waals surface area contributed by atoms with E-state index < -0.39 is 17.2 Å². The van der Waals surface area contributed by atoms with Gasteiger partial charge in [-0.1, -0.05) is 0 Å². The van der Waals surface area contributed by atoms with Crippen molar-refractivity contribution in [1.82, 2.24) is 4.57 Å². The van der Waals surface area contributed by atoms with Crippen molar-refractivity contribution in [2.45, 2.75) is 0 Å². The number of hydrogen-bond acceptors (Lipinski definition) is 3. The van der Waals surface area contributed by atoms with Gasteiger partial charge in [0.25, 0.3) is 5.91 Å². The number of hydrogen-bond donors (Lipinski definition) is 1. The van der Waals surface area contributed by atoms with Gasteiger partial charge in [0.05, 0.1) is 17.1 Å². The smallest absolute Gasteiger partial charge is 0.261 e. The van der Waals surface area contributed by atoms with Crippen LogP contribution in [0.15, 0.2) is 53.5 Å². The fraction of sp³-hybridized carbons (Fsp3) is 0.0556. The van der Waals surface area contributed by atoms with Gasteiger partial charge in [0, 0.05) is 24.3 Å². The van der Waals surface area contributed by atoms with Crippen LogP contribution in [0.25, 0.3) is 10.9 Å². The molecule has 1 N–H and O–H groups in total. The highest BCUT2D eigenvalue weighted by molar-refractivity contribution is 6.05. The van der Waals surface area contributed by atoms with Crippen LogP contribution in [0.2, 0.25) is 0 Å². The minimum atomic E-state index is -0.591. The van der Waals surface area contributed by atoms with Crippen LogP contribution in [0.4, 0.5) is 10.1 Å². The lowest BCUT2D eigenvalue weighted by molar-refractivity contribution is 0.102. The molecule has 0 saturated carbocycles. The zero-order valence-corrected chi connectivity index (χ0v) is 12.7. The average Bonchev–Trinajstić information content (AvgIpc) is 2.58. The van der Waals surface area contributed by atoms with Gasteiger partial charge in [0.15, 0.2) is 0 Å². The van der Waals surface area contributed by atoms with E-state index in [1.165, 1.54) is 18.3 Å². The normalized spacial score (nSPS) is 10.4. The molecule has 0 fully saturated rings. The van der Waals surface area contributed by atoms with Crippen LogP contribution in [0.3, 0.4) is 0 Å². The lowest BCUT2D eigenvalue weighted by Crippen LogP contribution is -2.23. The Morgan fingerprint density at radius 2 is 1.92 bits per heavy atom. The highest BCUT2D eigenvalue weighted by Crippen LogP contribution is 2.14. The maximum atomic E-state index is 13.4. The summed E-state index contributed by atoms with van der Waals surface area (Å²) in [6, 6.07) is 12.1. The fourth-order valence-corrected chi connectivity index (χ4v) is 2.45. The number of fused-ring (bicyclic) bond motifs is 1. The summed E-state index contributed by atoms with van der Waals surface area (Å²) in [5.74, 6) is -1.13. The van der Waals surface area contributed by atoms with Crippen molar-refractivity contribution >= 4 is 22.5 Å². The Balaban J connectivity index is 2.02.